The van der Waals surface area contributed by atoms with Crippen molar-refractivity contribution in [2.75, 3.05) is 19.0 Å². The Hall–Kier alpha value is -1.39. The van der Waals surface area contributed by atoms with Crippen molar-refractivity contribution >= 4 is 5.69 Å². The zero-order valence-corrected chi connectivity index (χ0v) is 10.1. The first-order chi connectivity index (χ1) is 7.87. The van der Waals surface area contributed by atoms with E-state index in [2.05, 4.69) is 5.32 Å². The molecule has 0 atom stereocenters. The first-order valence-electron chi connectivity index (χ1n) is 5.38. The van der Waals surface area contributed by atoms with E-state index in [4.69, 9.17) is 4.74 Å². The monoisotopic (exact) mass is 247 g/mol. The fourth-order valence-electron chi connectivity index (χ4n) is 1.58. The van der Waals surface area contributed by atoms with Crippen LogP contribution in [0.1, 0.15) is 18.1 Å². The minimum absolute atomic E-state index is 0.236. The highest BCUT2D eigenvalue weighted by atomic mass is 19.4. The molecule has 0 spiro atoms. The molecule has 1 aromatic rings. The van der Waals surface area contributed by atoms with Gasteiger partial charge in [-0.3, -0.25) is 0 Å². The molecule has 2 nitrogen and oxygen atoms in total. The number of hydrogen-bond acceptors (Lipinski definition) is 2. The Morgan fingerprint density at radius 3 is 2.41 bits per heavy atom. The summed E-state index contributed by atoms with van der Waals surface area (Å²) < 4.78 is 41.0. The third-order valence-electron chi connectivity index (χ3n) is 2.48. The molecule has 17 heavy (non-hydrogen) atoms. The quantitative estimate of drug-likeness (QED) is 0.878. The second kappa shape index (κ2) is 5.29. The third kappa shape index (κ3) is 3.84. The minimum atomic E-state index is -4.32. The SMILES string of the molecule is CCc1cc(NC)c(OCC(F)(F)F)cc1C. The molecule has 0 bridgehead atoms. The second-order valence-corrected chi connectivity index (χ2v) is 3.78. The topological polar surface area (TPSA) is 21.3 Å². The van der Waals surface area contributed by atoms with E-state index in [1.807, 2.05) is 19.9 Å². The van der Waals surface area contributed by atoms with E-state index in [0.717, 1.165) is 17.5 Å². The lowest BCUT2D eigenvalue weighted by molar-refractivity contribution is -0.153. The van der Waals surface area contributed by atoms with E-state index >= 15 is 0 Å². The predicted octanol–water partition coefficient (Wildman–Crippen LogP) is 3.54. The number of halogens is 3. The summed E-state index contributed by atoms with van der Waals surface area (Å²) in [5.74, 6) is 0.236. The lowest BCUT2D eigenvalue weighted by Crippen LogP contribution is -2.19. The van der Waals surface area contributed by atoms with Crippen LogP contribution in [-0.4, -0.2) is 19.8 Å². The zero-order valence-electron chi connectivity index (χ0n) is 10.1. The molecule has 0 aliphatic carbocycles. The van der Waals surface area contributed by atoms with Crippen LogP contribution in [-0.2, 0) is 6.42 Å². The molecule has 0 saturated heterocycles. The van der Waals surface area contributed by atoms with Gasteiger partial charge < -0.3 is 10.1 Å². The molecule has 0 aliphatic rings. The van der Waals surface area contributed by atoms with Gasteiger partial charge in [0.25, 0.3) is 0 Å². The first-order valence-corrected chi connectivity index (χ1v) is 5.38. The molecule has 0 fully saturated rings. The van der Waals surface area contributed by atoms with Crippen LogP contribution in [0.3, 0.4) is 0 Å². The predicted molar refractivity (Wildman–Crippen MR) is 61.7 cm³/mol. The van der Waals surface area contributed by atoms with Gasteiger partial charge in [0.1, 0.15) is 5.75 Å². The summed E-state index contributed by atoms with van der Waals surface area (Å²) in [5, 5.41) is 2.84. The van der Waals surface area contributed by atoms with E-state index in [0.29, 0.717) is 5.69 Å². The summed E-state index contributed by atoms with van der Waals surface area (Å²) in [7, 11) is 1.66. The van der Waals surface area contributed by atoms with Crippen LogP contribution >= 0.6 is 0 Å². The van der Waals surface area contributed by atoms with Gasteiger partial charge in [0.2, 0.25) is 0 Å². The van der Waals surface area contributed by atoms with E-state index in [1.54, 1.807) is 13.1 Å². The largest absolute Gasteiger partial charge is 0.482 e. The highest BCUT2D eigenvalue weighted by Gasteiger charge is 2.28. The molecule has 0 radical (unpaired) electrons. The van der Waals surface area contributed by atoms with E-state index in [9.17, 15) is 13.2 Å². The lowest BCUT2D eigenvalue weighted by Gasteiger charge is -2.15. The highest BCUT2D eigenvalue weighted by Crippen LogP contribution is 2.30. The van der Waals surface area contributed by atoms with Crippen LogP contribution in [0, 0.1) is 6.92 Å². The minimum Gasteiger partial charge on any atom is -0.482 e. The number of benzene rings is 1. The molecule has 0 unspecified atom stereocenters. The number of alkyl halides is 3. The first kappa shape index (κ1) is 13.7. The Morgan fingerprint density at radius 1 is 1.29 bits per heavy atom. The molecular weight excluding hydrogens is 231 g/mol. The number of hydrogen-bond donors (Lipinski definition) is 1. The maximum atomic E-state index is 12.1. The zero-order chi connectivity index (χ0) is 13.1. The average molecular weight is 247 g/mol. The second-order valence-electron chi connectivity index (χ2n) is 3.78. The Labute approximate surface area is 98.8 Å². The van der Waals surface area contributed by atoms with Gasteiger partial charge in [0.15, 0.2) is 6.61 Å². The van der Waals surface area contributed by atoms with Gasteiger partial charge >= 0.3 is 6.18 Å². The lowest BCUT2D eigenvalue weighted by atomic mass is 10.0. The number of anilines is 1. The Morgan fingerprint density at radius 2 is 1.94 bits per heavy atom. The normalized spacial score (nSPS) is 11.4. The Kier molecular flexibility index (Phi) is 4.26. The van der Waals surface area contributed by atoms with Crippen molar-refractivity contribution in [3.63, 3.8) is 0 Å². The fraction of sp³-hybridized carbons (Fsp3) is 0.500. The molecule has 0 heterocycles. The average Bonchev–Trinajstić information content (AvgIpc) is 2.25. The summed E-state index contributed by atoms with van der Waals surface area (Å²) in [6.07, 6.45) is -3.48. The Balaban J connectivity index is 2.95. The van der Waals surface area contributed by atoms with Gasteiger partial charge in [-0.25, -0.2) is 0 Å². The van der Waals surface area contributed by atoms with Gasteiger partial charge in [0, 0.05) is 7.05 Å². The number of nitrogens with one attached hydrogen (secondary N) is 1. The molecule has 1 aromatic carbocycles. The molecule has 1 rings (SSSR count). The standard InChI is InChI=1S/C12H16F3NO/c1-4-9-6-10(16-3)11(5-8(9)2)17-7-12(13,14)15/h5-6,16H,4,7H2,1-3H3. The number of ether oxygens (including phenoxy) is 1. The van der Waals surface area contributed by atoms with Crippen molar-refractivity contribution in [2.45, 2.75) is 26.4 Å². The van der Waals surface area contributed by atoms with E-state index in [-0.39, 0.29) is 5.75 Å². The van der Waals surface area contributed by atoms with Crippen molar-refractivity contribution in [1.29, 1.82) is 0 Å². The van der Waals surface area contributed by atoms with Crippen LogP contribution in [0.25, 0.3) is 0 Å². The summed E-state index contributed by atoms with van der Waals surface area (Å²) in [6, 6.07) is 3.46. The molecule has 1 N–H and O–H groups in total. The summed E-state index contributed by atoms with van der Waals surface area (Å²) in [4.78, 5) is 0. The van der Waals surface area contributed by atoms with E-state index < -0.39 is 12.8 Å². The molecule has 96 valence electrons. The van der Waals surface area contributed by atoms with Gasteiger partial charge in [0.05, 0.1) is 5.69 Å². The molecule has 0 aliphatic heterocycles. The van der Waals surface area contributed by atoms with Gasteiger partial charge in [-0.1, -0.05) is 6.92 Å². The van der Waals surface area contributed by atoms with Crippen molar-refractivity contribution in [3.8, 4) is 5.75 Å². The fourth-order valence-corrected chi connectivity index (χ4v) is 1.58. The van der Waals surface area contributed by atoms with Gasteiger partial charge in [-0.2, -0.15) is 13.2 Å². The smallest absolute Gasteiger partial charge is 0.422 e. The molecule has 0 amide bonds. The summed E-state index contributed by atoms with van der Waals surface area (Å²) in [6.45, 7) is 2.59. The maximum Gasteiger partial charge on any atom is 0.422 e. The number of aryl methyl sites for hydroxylation is 2. The third-order valence-corrected chi connectivity index (χ3v) is 2.48. The van der Waals surface area contributed by atoms with Gasteiger partial charge in [-0.05, 0) is 36.6 Å². The maximum absolute atomic E-state index is 12.1. The molecule has 5 heteroatoms. The van der Waals surface area contributed by atoms with Crippen molar-refractivity contribution in [3.05, 3.63) is 23.3 Å². The van der Waals surface area contributed by atoms with Crippen molar-refractivity contribution in [1.82, 2.24) is 0 Å². The van der Waals surface area contributed by atoms with Crippen LogP contribution < -0.4 is 10.1 Å². The Bertz CT molecular complexity index is 388. The van der Waals surface area contributed by atoms with E-state index in [1.165, 1.54) is 0 Å². The molecular formula is C12H16F3NO. The van der Waals surface area contributed by atoms with Crippen LogP contribution in [0.15, 0.2) is 12.1 Å². The van der Waals surface area contributed by atoms with Crippen molar-refractivity contribution < 1.29 is 17.9 Å². The van der Waals surface area contributed by atoms with Crippen LogP contribution in [0.2, 0.25) is 0 Å². The molecule has 0 aromatic heterocycles. The van der Waals surface area contributed by atoms with Crippen LogP contribution in [0.5, 0.6) is 5.75 Å². The van der Waals surface area contributed by atoms with Gasteiger partial charge in [-0.15, -0.1) is 0 Å². The number of rotatable bonds is 4. The summed E-state index contributed by atoms with van der Waals surface area (Å²) >= 11 is 0. The summed E-state index contributed by atoms with van der Waals surface area (Å²) in [5.41, 5.74) is 2.61. The highest BCUT2D eigenvalue weighted by molar-refractivity contribution is 5.59. The van der Waals surface area contributed by atoms with Crippen molar-refractivity contribution in [2.24, 2.45) is 0 Å². The molecule has 0 saturated carbocycles. The van der Waals surface area contributed by atoms with Crippen LogP contribution in [0.4, 0.5) is 18.9 Å².